The molecule has 2 heterocycles. The number of hydrogen-bond donors (Lipinski definition) is 1. The summed E-state index contributed by atoms with van der Waals surface area (Å²) in [6.07, 6.45) is -5.30. The Kier molecular flexibility index (Phi) is 6.78. The topological polar surface area (TPSA) is 86.7 Å². The van der Waals surface area contributed by atoms with Crippen molar-refractivity contribution in [1.29, 1.82) is 0 Å². The van der Waals surface area contributed by atoms with Gasteiger partial charge in [0.25, 0.3) is 5.91 Å². The van der Waals surface area contributed by atoms with Gasteiger partial charge in [0.15, 0.2) is 11.6 Å². The minimum absolute atomic E-state index is 0.00244. The number of pyridine rings is 1. The Morgan fingerprint density at radius 2 is 1.41 bits per heavy atom. The van der Waals surface area contributed by atoms with Crippen molar-refractivity contribution in [1.82, 2.24) is 19.7 Å². The zero-order valence-electron chi connectivity index (χ0n) is 18.3. The van der Waals surface area contributed by atoms with Gasteiger partial charge < -0.3 is 5.73 Å². The first kappa shape index (κ1) is 25.9. The fraction of sp³-hybridized carbons (Fsp3) is 0.0833. The van der Waals surface area contributed by atoms with Gasteiger partial charge in [-0.1, -0.05) is 35.9 Å². The Balaban J connectivity index is 1.87. The number of halogens is 7. The van der Waals surface area contributed by atoms with Crippen molar-refractivity contribution in [2.75, 3.05) is 0 Å². The molecule has 1 amide bonds. The van der Waals surface area contributed by atoms with Gasteiger partial charge in [0.05, 0.1) is 21.7 Å². The lowest BCUT2D eigenvalue weighted by atomic mass is 10.1. The van der Waals surface area contributed by atoms with E-state index in [1.807, 2.05) is 0 Å². The third-order valence-electron chi connectivity index (χ3n) is 5.10. The van der Waals surface area contributed by atoms with E-state index in [0.717, 1.165) is 53.2 Å². The molecule has 0 fully saturated rings. The lowest BCUT2D eigenvalue weighted by Crippen LogP contribution is -2.14. The van der Waals surface area contributed by atoms with Gasteiger partial charge in [-0.3, -0.25) is 9.78 Å². The summed E-state index contributed by atoms with van der Waals surface area (Å²) in [5.41, 5.74) is 4.24. The number of benzene rings is 2. The summed E-state index contributed by atoms with van der Waals surface area (Å²) in [5.74, 6) is -0.945. The molecule has 0 aliphatic carbocycles. The second-order valence-electron chi connectivity index (χ2n) is 7.65. The molecule has 0 atom stereocenters. The Labute approximate surface area is 210 Å². The van der Waals surface area contributed by atoms with Crippen LogP contribution in [0.1, 0.15) is 16.7 Å². The standard InChI is InChI=1S/C24H14ClF6N5O/c25-18-9-15(10-33-11-18)19(20(32)37)12-36-22(14-3-7-17(8-4-14)24(29,30)31)34-21(35-36)13-1-5-16(6-2-13)23(26,27)28/h1-12H,(H2,32,37)/b19-12+. The molecule has 0 saturated carbocycles. The molecule has 0 radical (unpaired) electrons. The molecule has 2 N–H and O–H groups in total. The summed E-state index contributed by atoms with van der Waals surface area (Å²) in [5, 5.41) is 4.46. The first-order valence-electron chi connectivity index (χ1n) is 10.3. The van der Waals surface area contributed by atoms with E-state index >= 15 is 0 Å². The molecule has 4 rings (SSSR count). The van der Waals surface area contributed by atoms with E-state index in [2.05, 4.69) is 15.1 Å². The van der Waals surface area contributed by atoms with E-state index < -0.39 is 29.4 Å². The van der Waals surface area contributed by atoms with Gasteiger partial charge in [-0.25, -0.2) is 9.67 Å². The van der Waals surface area contributed by atoms with Gasteiger partial charge in [0, 0.05) is 35.3 Å². The molecule has 2 aromatic carbocycles. The Hall–Kier alpha value is -4.19. The minimum Gasteiger partial charge on any atom is -0.366 e. The predicted molar refractivity (Wildman–Crippen MR) is 124 cm³/mol. The summed E-state index contributed by atoms with van der Waals surface area (Å²) >= 11 is 5.96. The van der Waals surface area contributed by atoms with Crippen LogP contribution in [0.3, 0.4) is 0 Å². The van der Waals surface area contributed by atoms with E-state index in [0.29, 0.717) is 0 Å². The van der Waals surface area contributed by atoms with Gasteiger partial charge in [0.2, 0.25) is 0 Å². The monoisotopic (exact) mass is 537 g/mol. The Morgan fingerprint density at radius 1 is 0.865 bits per heavy atom. The molecule has 13 heteroatoms. The number of carbonyl (C=O) groups is 1. The van der Waals surface area contributed by atoms with Crippen LogP contribution in [0, 0.1) is 0 Å². The molecule has 37 heavy (non-hydrogen) atoms. The third-order valence-corrected chi connectivity index (χ3v) is 5.31. The molecule has 0 unspecified atom stereocenters. The summed E-state index contributed by atoms with van der Waals surface area (Å²) in [4.78, 5) is 20.4. The predicted octanol–water partition coefficient (Wildman–Crippen LogP) is 6.18. The summed E-state index contributed by atoms with van der Waals surface area (Å²) in [6.45, 7) is 0. The quantitative estimate of drug-likeness (QED) is 0.243. The van der Waals surface area contributed by atoms with Crippen molar-refractivity contribution in [2.24, 2.45) is 5.73 Å². The molecule has 2 aromatic heterocycles. The third kappa shape index (κ3) is 5.80. The normalized spacial score (nSPS) is 12.6. The van der Waals surface area contributed by atoms with Crippen LogP contribution in [-0.4, -0.2) is 25.7 Å². The molecule has 0 spiro atoms. The largest absolute Gasteiger partial charge is 0.416 e. The molecule has 4 aromatic rings. The van der Waals surface area contributed by atoms with Gasteiger partial charge >= 0.3 is 12.4 Å². The molecular weight excluding hydrogens is 524 g/mol. The SMILES string of the molecule is NC(=O)/C(=C/n1nc(-c2ccc(C(F)(F)F)cc2)nc1-c1ccc(C(F)(F)F)cc1)c1cncc(Cl)c1. The van der Waals surface area contributed by atoms with Crippen molar-refractivity contribution in [3.63, 3.8) is 0 Å². The number of alkyl halides is 6. The van der Waals surface area contributed by atoms with E-state index in [9.17, 15) is 31.1 Å². The van der Waals surface area contributed by atoms with Crippen molar-refractivity contribution in [2.45, 2.75) is 12.4 Å². The van der Waals surface area contributed by atoms with Crippen LogP contribution in [0.25, 0.3) is 34.5 Å². The maximum atomic E-state index is 13.0. The average molecular weight is 538 g/mol. The van der Waals surface area contributed by atoms with Crippen molar-refractivity contribution < 1.29 is 31.1 Å². The van der Waals surface area contributed by atoms with Crippen LogP contribution in [-0.2, 0) is 17.1 Å². The maximum absolute atomic E-state index is 13.0. The summed E-state index contributed by atoms with van der Waals surface area (Å²) in [7, 11) is 0. The highest BCUT2D eigenvalue weighted by Crippen LogP contribution is 2.33. The highest BCUT2D eigenvalue weighted by molar-refractivity contribution is 6.31. The second-order valence-corrected chi connectivity index (χ2v) is 8.09. The van der Waals surface area contributed by atoms with Crippen molar-refractivity contribution >= 4 is 29.3 Å². The van der Waals surface area contributed by atoms with E-state index in [1.165, 1.54) is 24.7 Å². The second kappa shape index (κ2) is 9.69. The van der Waals surface area contributed by atoms with Crippen LogP contribution in [0.5, 0.6) is 0 Å². The number of primary amides is 1. The van der Waals surface area contributed by atoms with Gasteiger partial charge in [0.1, 0.15) is 0 Å². The molecule has 0 aliphatic heterocycles. The molecule has 0 saturated heterocycles. The Morgan fingerprint density at radius 3 is 1.89 bits per heavy atom. The fourth-order valence-electron chi connectivity index (χ4n) is 3.31. The highest BCUT2D eigenvalue weighted by atomic mass is 35.5. The van der Waals surface area contributed by atoms with Crippen molar-refractivity contribution in [3.05, 3.63) is 88.7 Å². The first-order valence-corrected chi connectivity index (χ1v) is 10.6. The van der Waals surface area contributed by atoms with E-state index in [1.54, 1.807) is 0 Å². The molecule has 190 valence electrons. The smallest absolute Gasteiger partial charge is 0.366 e. The van der Waals surface area contributed by atoms with Crippen LogP contribution in [0.15, 0.2) is 67.0 Å². The number of hydrogen-bond acceptors (Lipinski definition) is 4. The van der Waals surface area contributed by atoms with Gasteiger partial charge in [-0.15, -0.1) is 5.10 Å². The molecule has 0 aliphatic rings. The lowest BCUT2D eigenvalue weighted by Gasteiger charge is -2.08. The summed E-state index contributed by atoms with van der Waals surface area (Å²) < 4.78 is 79.1. The molecule has 0 bridgehead atoms. The zero-order chi connectivity index (χ0) is 27.0. The average Bonchev–Trinajstić information content (AvgIpc) is 3.25. The van der Waals surface area contributed by atoms with Crippen molar-refractivity contribution in [3.8, 4) is 22.8 Å². The highest BCUT2D eigenvalue weighted by Gasteiger charge is 2.31. The van der Waals surface area contributed by atoms with E-state index in [-0.39, 0.29) is 38.9 Å². The number of amides is 1. The number of nitrogens with zero attached hydrogens (tertiary/aromatic N) is 4. The van der Waals surface area contributed by atoms with Crippen LogP contribution < -0.4 is 5.73 Å². The van der Waals surface area contributed by atoms with Crippen LogP contribution in [0.2, 0.25) is 5.02 Å². The fourth-order valence-corrected chi connectivity index (χ4v) is 3.48. The number of rotatable bonds is 5. The summed E-state index contributed by atoms with van der Waals surface area (Å²) in [6, 6.07) is 9.38. The minimum atomic E-state index is -4.57. The van der Waals surface area contributed by atoms with Crippen LogP contribution >= 0.6 is 11.6 Å². The first-order chi connectivity index (χ1) is 17.3. The zero-order valence-corrected chi connectivity index (χ0v) is 19.1. The van der Waals surface area contributed by atoms with Gasteiger partial charge in [-0.2, -0.15) is 26.3 Å². The molecule has 6 nitrogen and oxygen atoms in total. The molecular formula is C24H14ClF6N5O. The number of nitrogens with two attached hydrogens (primary N) is 1. The van der Waals surface area contributed by atoms with Crippen LogP contribution in [0.4, 0.5) is 26.3 Å². The van der Waals surface area contributed by atoms with Gasteiger partial charge in [-0.05, 0) is 30.3 Å². The lowest BCUT2D eigenvalue weighted by molar-refractivity contribution is -0.138. The Bertz CT molecular complexity index is 1480. The number of aromatic nitrogens is 4. The van der Waals surface area contributed by atoms with E-state index in [4.69, 9.17) is 17.3 Å². The number of carbonyl (C=O) groups excluding carboxylic acids is 1. The maximum Gasteiger partial charge on any atom is 0.416 e.